The number of ether oxygens (including phenoxy) is 5. The van der Waals surface area contributed by atoms with E-state index in [0.29, 0.717) is 5.75 Å². The van der Waals surface area contributed by atoms with Gasteiger partial charge in [0.05, 0.1) is 39.4 Å². The second kappa shape index (κ2) is 8.06. The van der Waals surface area contributed by atoms with Crippen molar-refractivity contribution in [3.63, 3.8) is 0 Å². The van der Waals surface area contributed by atoms with Crippen molar-refractivity contribution < 1.29 is 28.2 Å². The molecule has 1 saturated heterocycles. The molecule has 2 aromatic carbocycles. The van der Waals surface area contributed by atoms with Crippen molar-refractivity contribution >= 4 is 0 Å². The van der Waals surface area contributed by atoms with Gasteiger partial charge in [-0.2, -0.15) is 0 Å². The number of quaternary nitrogens is 1. The number of fused-ring (bicyclic) bond motifs is 5. The Morgan fingerprint density at radius 1 is 1.08 bits per heavy atom. The Balaban J connectivity index is 1.38. The molecule has 6 heteroatoms. The van der Waals surface area contributed by atoms with Crippen LogP contribution in [0.4, 0.5) is 0 Å². The molecule has 4 aliphatic rings. The number of hydrogen-bond donors (Lipinski definition) is 0. The smallest absolute Gasteiger partial charge is 0.231 e. The van der Waals surface area contributed by atoms with E-state index >= 15 is 0 Å². The average molecular weight is 491 g/mol. The van der Waals surface area contributed by atoms with Crippen molar-refractivity contribution in [1.29, 1.82) is 0 Å². The Morgan fingerprint density at radius 2 is 1.89 bits per heavy atom. The highest BCUT2D eigenvalue weighted by atomic mass is 16.7. The first-order valence-corrected chi connectivity index (χ1v) is 12.9. The van der Waals surface area contributed by atoms with Crippen LogP contribution in [-0.2, 0) is 11.2 Å². The Bertz CT molecular complexity index is 1270. The Kier molecular flexibility index (Phi) is 5.27. The van der Waals surface area contributed by atoms with E-state index in [9.17, 15) is 0 Å². The van der Waals surface area contributed by atoms with Crippen LogP contribution in [0.1, 0.15) is 62.4 Å². The molecule has 0 amide bonds. The first kappa shape index (κ1) is 23.5. The largest absolute Gasteiger partial charge is 0.492 e. The summed E-state index contributed by atoms with van der Waals surface area (Å²) in [4.78, 5) is 0. The van der Waals surface area contributed by atoms with E-state index in [4.69, 9.17) is 23.7 Å². The van der Waals surface area contributed by atoms with Crippen LogP contribution in [0.5, 0.6) is 23.0 Å². The lowest BCUT2D eigenvalue weighted by Gasteiger charge is -2.50. The first-order chi connectivity index (χ1) is 17.1. The van der Waals surface area contributed by atoms with Crippen molar-refractivity contribution in [2.24, 2.45) is 5.92 Å². The van der Waals surface area contributed by atoms with Gasteiger partial charge < -0.3 is 28.2 Å². The number of nitrogens with zero attached hydrogens (tertiary/aromatic N) is 1. The van der Waals surface area contributed by atoms with Crippen LogP contribution in [-0.4, -0.2) is 50.2 Å². The quantitative estimate of drug-likeness (QED) is 0.406. The van der Waals surface area contributed by atoms with E-state index in [1.165, 1.54) is 5.56 Å². The number of rotatable bonds is 1. The van der Waals surface area contributed by atoms with Crippen LogP contribution in [0, 0.1) is 17.8 Å². The van der Waals surface area contributed by atoms with E-state index in [0.717, 1.165) is 58.7 Å². The molecule has 6 nitrogen and oxygen atoms in total. The topological polar surface area (TPSA) is 46.2 Å². The fourth-order valence-electron chi connectivity index (χ4n) is 6.40. The number of likely N-dealkylation sites (N-methyl/N-ethyl adjacent to an activating group) is 1. The summed E-state index contributed by atoms with van der Waals surface area (Å²) in [5.41, 5.74) is 2.62. The number of para-hydroxylation sites is 1. The van der Waals surface area contributed by atoms with Gasteiger partial charge in [0, 0.05) is 17.9 Å². The van der Waals surface area contributed by atoms with E-state index in [1.54, 1.807) is 7.11 Å². The number of methoxy groups -OCH3 is 1. The molecule has 4 heterocycles. The fraction of sp³-hybridized carbons (Fsp3) is 0.533. The lowest BCUT2D eigenvalue weighted by Crippen LogP contribution is -2.51. The maximum atomic E-state index is 6.88. The maximum Gasteiger partial charge on any atom is 0.231 e. The SMILES string of the molecule is COc1c2c(cc3c1[C@@H](C#C[C@]1(C)CC[C@H]4[C@H](O1)c1ccccc1OC4(C)C)[N+](C)(C)CC3)OCO2. The van der Waals surface area contributed by atoms with Crippen LogP contribution in [0.15, 0.2) is 30.3 Å². The zero-order valence-electron chi connectivity index (χ0n) is 22.1. The molecule has 190 valence electrons. The molecule has 4 aliphatic heterocycles. The Hall–Kier alpha value is -2.88. The second-order valence-corrected chi connectivity index (χ2v) is 11.8. The van der Waals surface area contributed by atoms with Crippen molar-refractivity contribution in [3.05, 3.63) is 47.0 Å². The van der Waals surface area contributed by atoms with Crippen molar-refractivity contribution in [2.75, 3.05) is 34.5 Å². The molecule has 0 aliphatic carbocycles. The normalized spacial score (nSPS) is 30.6. The summed E-state index contributed by atoms with van der Waals surface area (Å²) in [5.74, 6) is 10.7. The lowest BCUT2D eigenvalue weighted by atomic mass is 9.73. The van der Waals surface area contributed by atoms with E-state index in [-0.39, 0.29) is 30.5 Å². The van der Waals surface area contributed by atoms with Gasteiger partial charge in [0.15, 0.2) is 17.5 Å². The highest BCUT2D eigenvalue weighted by Crippen LogP contribution is 2.53. The molecular formula is C30H36NO5+. The molecule has 0 spiro atoms. The van der Waals surface area contributed by atoms with Crippen molar-refractivity contribution in [2.45, 2.75) is 63.4 Å². The predicted octanol–water partition coefficient (Wildman–Crippen LogP) is 5.20. The standard InChI is InChI=1S/C30H36NO5/c1-29(2)21-11-14-30(3,36-26(21)20-9-7-8-10-23(20)35-29)15-12-22-25-19(13-16-31(22,4)5)17-24-27(28(25)32-6)34-18-33-24/h7-10,17,21-22,26H,11,13-14,16,18H2,1-6H3/q+1/t21-,22+,26+,30-/m0/s1. The van der Waals surface area contributed by atoms with Gasteiger partial charge in [-0.15, -0.1) is 0 Å². The second-order valence-electron chi connectivity index (χ2n) is 11.8. The van der Waals surface area contributed by atoms with Crippen molar-refractivity contribution in [1.82, 2.24) is 0 Å². The molecule has 0 saturated carbocycles. The van der Waals surface area contributed by atoms with E-state index < -0.39 is 5.60 Å². The number of hydrogen-bond acceptors (Lipinski definition) is 5. The molecular weight excluding hydrogens is 454 g/mol. The lowest BCUT2D eigenvalue weighted by molar-refractivity contribution is -0.914. The van der Waals surface area contributed by atoms with Gasteiger partial charge in [-0.25, -0.2) is 0 Å². The minimum Gasteiger partial charge on any atom is -0.492 e. The summed E-state index contributed by atoms with van der Waals surface area (Å²) in [6.45, 7) is 7.69. The maximum absolute atomic E-state index is 6.88. The molecule has 36 heavy (non-hydrogen) atoms. The summed E-state index contributed by atoms with van der Waals surface area (Å²) >= 11 is 0. The van der Waals surface area contributed by atoms with Gasteiger partial charge >= 0.3 is 0 Å². The van der Waals surface area contributed by atoms with Gasteiger partial charge in [0.1, 0.15) is 17.0 Å². The van der Waals surface area contributed by atoms with Crippen LogP contribution in [0.3, 0.4) is 0 Å². The zero-order valence-corrected chi connectivity index (χ0v) is 22.1. The minimum atomic E-state index is -0.553. The highest BCUT2D eigenvalue weighted by molar-refractivity contribution is 5.62. The Morgan fingerprint density at radius 3 is 2.69 bits per heavy atom. The summed E-state index contributed by atoms with van der Waals surface area (Å²) in [5, 5.41) is 0. The molecule has 6 rings (SSSR count). The average Bonchev–Trinajstić information content (AvgIpc) is 3.30. The van der Waals surface area contributed by atoms with Gasteiger partial charge in [-0.1, -0.05) is 24.1 Å². The van der Waals surface area contributed by atoms with Crippen LogP contribution >= 0.6 is 0 Å². The molecule has 0 radical (unpaired) electrons. The molecule has 0 N–H and O–H groups in total. The fourth-order valence-corrected chi connectivity index (χ4v) is 6.40. The first-order valence-electron chi connectivity index (χ1n) is 12.9. The third-order valence-electron chi connectivity index (χ3n) is 8.53. The van der Waals surface area contributed by atoms with Gasteiger partial charge in [-0.05, 0) is 57.2 Å². The van der Waals surface area contributed by atoms with E-state index in [2.05, 4.69) is 64.9 Å². The van der Waals surface area contributed by atoms with Gasteiger partial charge in [0.25, 0.3) is 0 Å². The number of benzene rings is 2. The third kappa shape index (κ3) is 3.64. The monoisotopic (exact) mass is 490 g/mol. The third-order valence-corrected chi connectivity index (χ3v) is 8.53. The summed E-state index contributed by atoms with van der Waals surface area (Å²) < 4.78 is 31.4. The molecule has 0 unspecified atom stereocenters. The minimum absolute atomic E-state index is 0.0394. The van der Waals surface area contributed by atoms with E-state index in [1.807, 2.05) is 12.1 Å². The van der Waals surface area contributed by atoms with Crippen molar-refractivity contribution in [3.8, 4) is 34.8 Å². The summed E-state index contributed by atoms with van der Waals surface area (Å²) in [7, 11) is 6.18. The Labute approximate surface area is 214 Å². The van der Waals surface area contributed by atoms with Crippen LogP contribution in [0.25, 0.3) is 0 Å². The molecule has 2 aromatic rings. The van der Waals surface area contributed by atoms with Gasteiger partial charge in [-0.3, -0.25) is 0 Å². The molecule has 0 bridgehead atoms. The predicted molar refractivity (Wildman–Crippen MR) is 136 cm³/mol. The molecule has 1 fully saturated rings. The molecule has 0 aromatic heterocycles. The van der Waals surface area contributed by atoms with Crippen LogP contribution in [0.2, 0.25) is 0 Å². The summed E-state index contributed by atoms with van der Waals surface area (Å²) in [6, 6.07) is 10.3. The highest BCUT2D eigenvalue weighted by Gasteiger charge is 2.50. The summed E-state index contributed by atoms with van der Waals surface area (Å²) in [6.07, 6.45) is 2.76. The van der Waals surface area contributed by atoms with Crippen LogP contribution < -0.4 is 18.9 Å². The molecule has 4 atom stereocenters. The van der Waals surface area contributed by atoms with Gasteiger partial charge in [0.2, 0.25) is 12.5 Å². The zero-order chi connectivity index (χ0) is 25.3.